The van der Waals surface area contributed by atoms with E-state index < -0.39 is 0 Å². The molecule has 18 heavy (non-hydrogen) atoms. The summed E-state index contributed by atoms with van der Waals surface area (Å²) < 4.78 is 0. The topological polar surface area (TPSA) is 57.0 Å². The minimum absolute atomic E-state index is 0.101. The van der Waals surface area contributed by atoms with Gasteiger partial charge < -0.3 is 4.90 Å². The molecule has 0 aliphatic carbocycles. The predicted octanol–water partition coefficient (Wildman–Crippen LogP) is 2.37. The maximum Gasteiger partial charge on any atom is 0.223 e. The Kier molecular flexibility index (Phi) is 5.86. The van der Waals surface area contributed by atoms with E-state index in [2.05, 4.69) is 11.1 Å². The molecular weight excluding hydrogens is 226 g/mol. The van der Waals surface area contributed by atoms with E-state index in [4.69, 9.17) is 5.26 Å². The fourth-order valence-electron chi connectivity index (χ4n) is 1.67. The van der Waals surface area contributed by atoms with Gasteiger partial charge in [-0.2, -0.15) is 5.26 Å². The molecule has 0 radical (unpaired) electrons. The molecule has 0 atom stereocenters. The van der Waals surface area contributed by atoms with E-state index in [-0.39, 0.29) is 5.91 Å². The standard InChI is InChI=1S/C14H19N3O/c1-12(2)9-14(18)17(8-4-6-15)11-13-5-3-7-16-10-13/h3,5,7,10,12H,4,8-9,11H2,1-2H3. The van der Waals surface area contributed by atoms with Crippen LogP contribution in [0, 0.1) is 17.2 Å². The van der Waals surface area contributed by atoms with E-state index in [9.17, 15) is 4.79 Å². The average molecular weight is 245 g/mol. The number of carbonyl (C=O) groups excluding carboxylic acids is 1. The van der Waals surface area contributed by atoms with Crippen LogP contribution in [0.25, 0.3) is 0 Å². The van der Waals surface area contributed by atoms with Crippen LogP contribution in [0.15, 0.2) is 24.5 Å². The maximum absolute atomic E-state index is 12.1. The summed E-state index contributed by atoms with van der Waals surface area (Å²) in [5.74, 6) is 0.431. The second-order valence-electron chi connectivity index (χ2n) is 4.68. The molecular formula is C14H19N3O. The molecule has 0 N–H and O–H groups in total. The van der Waals surface area contributed by atoms with Crippen LogP contribution in [0.3, 0.4) is 0 Å². The average Bonchev–Trinajstić information content (AvgIpc) is 2.34. The summed E-state index contributed by atoms with van der Waals surface area (Å²) in [6, 6.07) is 5.87. The molecule has 1 heterocycles. The zero-order valence-corrected chi connectivity index (χ0v) is 11.0. The van der Waals surface area contributed by atoms with Crippen molar-refractivity contribution in [2.45, 2.75) is 33.2 Å². The largest absolute Gasteiger partial charge is 0.337 e. The second-order valence-corrected chi connectivity index (χ2v) is 4.68. The molecule has 0 saturated heterocycles. The molecule has 0 aliphatic rings. The van der Waals surface area contributed by atoms with Crippen molar-refractivity contribution >= 4 is 5.91 Å². The SMILES string of the molecule is CC(C)CC(=O)N(CCC#N)Cc1cccnc1. The van der Waals surface area contributed by atoms with E-state index in [0.717, 1.165) is 5.56 Å². The Hall–Kier alpha value is -1.89. The van der Waals surface area contributed by atoms with E-state index in [1.165, 1.54) is 0 Å². The normalized spacial score (nSPS) is 10.1. The number of nitriles is 1. The Bertz CT molecular complexity index is 409. The summed E-state index contributed by atoms with van der Waals surface area (Å²) in [5, 5.41) is 8.64. The molecule has 0 fully saturated rings. The predicted molar refractivity (Wildman–Crippen MR) is 69.3 cm³/mol. The number of pyridine rings is 1. The highest BCUT2D eigenvalue weighted by molar-refractivity contribution is 5.76. The van der Waals surface area contributed by atoms with Crippen molar-refractivity contribution in [3.63, 3.8) is 0 Å². The van der Waals surface area contributed by atoms with Gasteiger partial charge in [-0.1, -0.05) is 19.9 Å². The quantitative estimate of drug-likeness (QED) is 0.773. The first-order chi connectivity index (χ1) is 8.63. The Morgan fingerprint density at radius 2 is 2.33 bits per heavy atom. The van der Waals surface area contributed by atoms with Gasteiger partial charge in [0.2, 0.25) is 5.91 Å². The third-order valence-electron chi connectivity index (χ3n) is 2.53. The maximum atomic E-state index is 12.1. The number of nitrogens with zero attached hydrogens (tertiary/aromatic N) is 3. The first-order valence-corrected chi connectivity index (χ1v) is 6.17. The number of amides is 1. The van der Waals surface area contributed by atoms with E-state index in [0.29, 0.717) is 31.8 Å². The highest BCUT2D eigenvalue weighted by atomic mass is 16.2. The van der Waals surface area contributed by atoms with Crippen molar-refractivity contribution < 1.29 is 4.79 Å². The lowest BCUT2D eigenvalue weighted by atomic mass is 10.1. The van der Waals surface area contributed by atoms with Gasteiger partial charge in [0.05, 0.1) is 12.5 Å². The molecule has 4 nitrogen and oxygen atoms in total. The summed E-state index contributed by atoms with van der Waals surface area (Å²) in [5.41, 5.74) is 0.993. The van der Waals surface area contributed by atoms with Crippen molar-refractivity contribution in [1.82, 2.24) is 9.88 Å². The van der Waals surface area contributed by atoms with Crippen LogP contribution in [-0.4, -0.2) is 22.3 Å². The van der Waals surface area contributed by atoms with Crippen molar-refractivity contribution in [1.29, 1.82) is 5.26 Å². The fraction of sp³-hybridized carbons (Fsp3) is 0.500. The smallest absolute Gasteiger partial charge is 0.223 e. The minimum atomic E-state index is 0.101. The van der Waals surface area contributed by atoms with Gasteiger partial charge in [0.15, 0.2) is 0 Å². The Morgan fingerprint density at radius 3 is 2.89 bits per heavy atom. The molecule has 1 rings (SSSR count). The van der Waals surface area contributed by atoms with Crippen LogP contribution in [0.5, 0.6) is 0 Å². The van der Waals surface area contributed by atoms with Gasteiger partial charge in [-0.25, -0.2) is 0 Å². The van der Waals surface area contributed by atoms with Crippen molar-refractivity contribution in [3.8, 4) is 6.07 Å². The van der Waals surface area contributed by atoms with Gasteiger partial charge in [-0.15, -0.1) is 0 Å². The van der Waals surface area contributed by atoms with Crippen molar-refractivity contribution in [3.05, 3.63) is 30.1 Å². The van der Waals surface area contributed by atoms with E-state index >= 15 is 0 Å². The molecule has 0 spiro atoms. The molecule has 4 heteroatoms. The van der Waals surface area contributed by atoms with Crippen LogP contribution >= 0.6 is 0 Å². The van der Waals surface area contributed by atoms with Crippen LogP contribution < -0.4 is 0 Å². The number of hydrogen-bond acceptors (Lipinski definition) is 3. The molecule has 96 valence electrons. The molecule has 0 saturated carbocycles. The van der Waals surface area contributed by atoms with E-state index in [1.54, 1.807) is 17.3 Å². The number of rotatable bonds is 6. The molecule has 1 aromatic rings. The first kappa shape index (κ1) is 14.2. The molecule has 1 aromatic heterocycles. The molecule has 1 amide bonds. The monoisotopic (exact) mass is 245 g/mol. The Morgan fingerprint density at radius 1 is 1.56 bits per heavy atom. The Balaban J connectivity index is 2.66. The Labute approximate surface area is 108 Å². The summed E-state index contributed by atoms with van der Waals surface area (Å²) >= 11 is 0. The van der Waals surface area contributed by atoms with Gasteiger partial charge in [-0.05, 0) is 17.5 Å². The van der Waals surface area contributed by atoms with Crippen LogP contribution in [-0.2, 0) is 11.3 Å². The van der Waals surface area contributed by atoms with Gasteiger partial charge in [0.1, 0.15) is 0 Å². The number of aromatic nitrogens is 1. The summed E-state index contributed by atoms with van der Waals surface area (Å²) in [7, 11) is 0. The third-order valence-corrected chi connectivity index (χ3v) is 2.53. The van der Waals surface area contributed by atoms with Crippen LogP contribution in [0.2, 0.25) is 0 Å². The van der Waals surface area contributed by atoms with Crippen LogP contribution in [0.4, 0.5) is 0 Å². The van der Waals surface area contributed by atoms with Crippen LogP contribution in [0.1, 0.15) is 32.3 Å². The fourth-order valence-corrected chi connectivity index (χ4v) is 1.67. The van der Waals surface area contributed by atoms with Crippen molar-refractivity contribution in [2.75, 3.05) is 6.54 Å². The highest BCUT2D eigenvalue weighted by Crippen LogP contribution is 2.09. The molecule has 0 unspecified atom stereocenters. The molecule has 0 aliphatic heterocycles. The zero-order valence-electron chi connectivity index (χ0n) is 11.0. The third kappa shape index (κ3) is 4.96. The zero-order chi connectivity index (χ0) is 13.4. The van der Waals surface area contributed by atoms with Gasteiger partial charge >= 0.3 is 0 Å². The lowest BCUT2D eigenvalue weighted by Gasteiger charge is -2.22. The summed E-state index contributed by atoms with van der Waals surface area (Å²) in [4.78, 5) is 17.8. The summed E-state index contributed by atoms with van der Waals surface area (Å²) in [6.07, 6.45) is 4.34. The lowest BCUT2D eigenvalue weighted by Crippen LogP contribution is -2.32. The molecule has 0 bridgehead atoms. The summed E-state index contributed by atoms with van der Waals surface area (Å²) in [6.45, 7) is 5.05. The second kappa shape index (κ2) is 7.44. The van der Waals surface area contributed by atoms with Gasteiger partial charge in [0, 0.05) is 31.9 Å². The highest BCUT2D eigenvalue weighted by Gasteiger charge is 2.14. The minimum Gasteiger partial charge on any atom is -0.337 e. The first-order valence-electron chi connectivity index (χ1n) is 6.17. The van der Waals surface area contributed by atoms with Crippen molar-refractivity contribution in [2.24, 2.45) is 5.92 Å². The number of hydrogen-bond donors (Lipinski definition) is 0. The number of carbonyl (C=O) groups is 1. The molecule has 0 aromatic carbocycles. The van der Waals surface area contributed by atoms with Gasteiger partial charge in [0.25, 0.3) is 0 Å². The van der Waals surface area contributed by atoms with Gasteiger partial charge in [-0.3, -0.25) is 9.78 Å². The lowest BCUT2D eigenvalue weighted by molar-refractivity contribution is -0.132. The van der Waals surface area contributed by atoms with E-state index in [1.807, 2.05) is 26.0 Å².